The Labute approximate surface area is 177 Å². The maximum Gasteiger partial charge on any atom is 0.315 e. The SMILES string of the molecule is CCCOc1c(OCC)cc(/C=N/NS(=O)(=O)c2cccc([N+](=O)[O-])c2)cc1[N+](=O)[O-]. The molecular formula is C18H20N4O8S. The highest BCUT2D eigenvalue weighted by Gasteiger charge is 2.22. The van der Waals surface area contributed by atoms with Crippen molar-refractivity contribution in [2.45, 2.75) is 25.2 Å². The van der Waals surface area contributed by atoms with Gasteiger partial charge in [-0.25, -0.2) is 4.83 Å². The third-order valence-electron chi connectivity index (χ3n) is 3.73. The van der Waals surface area contributed by atoms with E-state index < -0.39 is 25.6 Å². The summed E-state index contributed by atoms with van der Waals surface area (Å²) < 4.78 is 35.5. The highest BCUT2D eigenvalue weighted by atomic mass is 32.2. The molecule has 2 aromatic carbocycles. The molecule has 31 heavy (non-hydrogen) atoms. The number of rotatable bonds is 11. The second-order valence-corrected chi connectivity index (χ2v) is 7.67. The number of ether oxygens (including phenoxy) is 2. The lowest BCUT2D eigenvalue weighted by atomic mass is 10.2. The molecule has 0 bridgehead atoms. The smallest absolute Gasteiger partial charge is 0.315 e. The van der Waals surface area contributed by atoms with E-state index in [1.807, 2.05) is 11.8 Å². The summed E-state index contributed by atoms with van der Waals surface area (Å²) in [6.45, 7) is 4.01. The summed E-state index contributed by atoms with van der Waals surface area (Å²) in [6.07, 6.45) is 1.68. The average molecular weight is 452 g/mol. The maximum absolute atomic E-state index is 12.3. The minimum absolute atomic E-state index is 0.0250. The fourth-order valence-electron chi connectivity index (χ4n) is 2.42. The molecule has 0 heterocycles. The maximum atomic E-state index is 12.3. The first-order chi connectivity index (χ1) is 14.7. The van der Waals surface area contributed by atoms with Crippen LogP contribution in [0.15, 0.2) is 46.4 Å². The molecule has 0 saturated heterocycles. The van der Waals surface area contributed by atoms with Crippen LogP contribution in [-0.4, -0.2) is 37.7 Å². The van der Waals surface area contributed by atoms with Crippen molar-refractivity contribution in [2.75, 3.05) is 13.2 Å². The number of sulfonamides is 1. The number of nitro groups is 2. The van der Waals surface area contributed by atoms with Crippen molar-refractivity contribution in [1.29, 1.82) is 0 Å². The Hall–Kier alpha value is -3.74. The van der Waals surface area contributed by atoms with Gasteiger partial charge in [0.05, 0.1) is 34.2 Å². The summed E-state index contributed by atoms with van der Waals surface area (Å²) in [5.74, 6) is 0.0937. The van der Waals surface area contributed by atoms with Crippen LogP contribution in [0.2, 0.25) is 0 Å². The Balaban J connectivity index is 2.33. The molecule has 2 rings (SSSR count). The van der Waals surface area contributed by atoms with Gasteiger partial charge in [0, 0.05) is 23.8 Å². The van der Waals surface area contributed by atoms with Gasteiger partial charge < -0.3 is 9.47 Å². The molecule has 0 amide bonds. The Kier molecular flexibility index (Phi) is 7.85. The summed E-state index contributed by atoms with van der Waals surface area (Å²) in [7, 11) is -4.20. The number of nitrogens with one attached hydrogen (secondary N) is 1. The van der Waals surface area contributed by atoms with E-state index in [9.17, 15) is 28.6 Å². The van der Waals surface area contributed by atoms with Gasteiger partial charge >= 0.3 is 5.69 Å². The van der Waals surface area contributed by atoms with Gasteiger partial charge in [0.2, 0.25) is 5.75 Å². The van der Waals surface area contributed by atoms with Crippen LogP contribution >= 0.6 is 0 Å². The van der Waals surface area contributed by atoms with E-state index in [1.165, 1.54) is 24.3 Å². The molecule has 0 unspecified atom stereocenters. The van der Waals surface area contributed by atoms with Crippen molar-refractivity contribution >= 4 is 27.6 Å². The van der Waals surface area contributed by atoms with Crippen LogP contribution in [0.3, 0.4) is 0 Å². The molecule has 0 radical (unpaired) electrons. The van der Waals surface area contributed by atoms with E-state index in [1.54, 1.807) is 6.92 Å². The first kappa shape index (κ1) is 23.5. The standard InChI is InChI=1S/C18H20N4O8S/c1-3-8-30-18-16(22(25)26)9-13(10-17(18)29-4-2)12-19-20-31(27,28)15-7-5-6-14(11-15)21(23)24/h5-7,9-12,20H,3-4,8H2,1-2H3/b19-12+. The molecule has 166 valence electrons. The van der Waals surface area contributed by atoms with Crippen LogP contribution in [-0.2, 0) is 10.0 Å². The summed E-state index contributed by atoms with van der Waals surface area (Å²) in [5, 5.41) is 25.9. The minimum atomic E-state index is -4.20. The van der Waals surface area contributed by atoms with Crippen molar-refractivity contribution in [3.8, 4) is 11.5 Å². The first-order valence-electron chi connectivity index (χ1n) is 9.07. The number of hydrogen-bond donors (Lipinski definition) is 1. The monoisotopic (exact) mass is 452 g/mol. The third kappa shape index (κ3) is 6.12. The van der Waals surface area contributed by atoms with Crippen molar-refractivity contribution in [3.05, 3.63) is 62.2 Å². The van der Waals surface area contributed by atoms with E-state index in [2.05, 4.69) is 5.10 Å². The van der Waals surface area contributed by atoms with Crippen molar-refractivity contribution in [2.24, 2.45) is 5.10 Å². The molecule has 0 atom stereocenters. The number of hydrogen-bond acceptors (Lipinski definition) is 9. The van der Waals surface area contributed by atoms with Gasteiger partial charge in [0.15, 0.2) is 5.75 Å². The number of nitro benzene ring substituents is 2. The predicted octanol–water partition coefficient (Wildman–Crippen LogP) is 3.00. The van der Waals surface area contributed by atoms with Crippen molar-refractivity contribution in [1.82, 2.24) is 4.83 Å². The quantitative estimate of drug-likeness (QED) is 0.309. The highest BCUT2D eigenvalue weighted by Crippen LogP contribution is 2.38. The van der Waals surface area contributed by atoms with Crippen molar-refractivity contribution < 1.29 is 27.7 Å². The lowest BCUT2D eigenvalue weighted by Crippen LogP contribution is -2.18. The van der Waals surface area contributed by atoms with Crippen LogP contribution in [0.4, 0.5) is 11.4 Å². The molecule has 0 aromatic heterocycles. The summed E-state index contributed by atoms with van der Waals surface area (Å²) in [6, 6.07) is 7.02. The van der Waals surface area contributed by atoms with Gasteiger partial charge in [-0.2, -0.15) is 13.5 Å². The largest absolute Gasteiger partial charge is 0.490 e. The van der Waals surface area contributed by atoms with Crippen LogP contribution < -0.4 is 14.3 Å². The van der Waals surface area contributed by atoms with Crippen LogP contribution in [0, 0.1) is 20.2 Å². The highest BCUT2D eigenvalue weighted by molar-refractivity contribution is 7.89. The third-order valence-corrected chi connectivity index (χ3v) is 4.95. The number of hydrazone groups is 1. The molecule has 0 aliphatic rings. The second-order valence-electron chi connectivity index (χ2n) is 6.01. The van der Waals surface area contributed by atoms with E-state index in [0.717, 1.165) is 18.3 Å². The Bertz CT molecular complexity index is 1100. The predicted molar refractivity (Wildman–Crippen MR) is 111 cm³/mol. The van der Waals surface area contributed by atoms with E-state index >= 15 is 0 Å². The molecule has 0 aliphatic carbocycles. The van der Waals surface area contributed by atoms with Crippen LogP contribution in [0.5, 0.6) is 11.5 Å². The topological polar surface area (TPSA) is 163 Å². The fraction of sp³-hybridized carbons (Fsp3) is 0.278. The van der Waals surface area contributed by atoms with Gasteiger partial charge in [-0.05, 0) is 25.5 Å². The summed E-state index contributed by atoms with van der Waals surface area (Å²) in [4.78, 5) is 22.5. The van der Waals surface area contributed by atoms with Gasteiger partial charge in [-0.1, -0.05) is 13.0 Å². The molecule has 0 fully saturated rings. The lowest BCUT2D eigenvalue weighted by molar-refractivity contribution is -0.386. The number of nitrogens with zero attached hydrogens (tertiary/aromatic N) is 3. The Morgan fingerprint density at radius 2 is 1.84 bits per heavy atom. The van der Waals surface area contributed by atoms with Gasteiger partial charge in [0.1, 0.15) is 0 Å². The summed E-state index contributed by atoms with van der Waals surface area (Å²) >= 11 is 0. The Morgan fingerprint density at radius 1 is 1.10 bits per heavy atom. The normalized spacial score (nSPS) is 11.3. The van der Waals surface area contributed by atoms with Gasteiger partial charge in [-0.3, -0.25) is 20.2 Å². The molecule has 2 aromatic rings. The molecule has 0 aliphatic heterocycles. The fourth-order valence-corrected chi connectivity index (χ4v) is 3.25. The lowest BCUT2D eigenvalue weighted by Gasteiger charge is -2.12. The molecule has 12 nitrogen and oxygen atoms in total. The Morgan fingerprint density at radius 3 is 2.45 bits per heavy atom. The molecule has 0 spiro atoms. The molecular weight excluding hydrogens is 432 g/mol. The summed E-state index contributed by atoms with van der Waals surface area (Å²) in [5.41, 5.74) is -0.574. The van der Waals surface area contributed by atoms with Crippen LogP contribution in [0.25, 0.3) is 0 Å². The molecule has 0 saturated carbocycles. The zero-order chi connectivity index (χ0) is 23.0. The minimum Gasteiger partial charge on any atom is -0.490 e. The van der Waals surface area contributed by atoms with E-state index in [4.69, 9.17) is 9.47 Å². The molecule has 13 heteroatoms. The van der Waals surface area contributed by atoms with Gasteiger partial charge in [-0.15, -0.1) is 0 Å². The van der Waals surface area contributed by atoms with Crippen LogP contribution in [0.1, 0.15) is 25.8 Å². The first-order valence-corrected chi connectivity index (χ1v) is 10.5. The van der Waals surface area contributed by atoms with Gasteiger partial charge in [0.25, 0.3) is 15.7 Å². The number of benzene rings is 2. The van der Waals surface area contributed by atoms with Crippen molar-refractivity contribution in [3.63, 3.8) is 0 Å². The molecule has 1 N–H and O–H groups in total. The zero-order valence-corrected chi connectivity index (χ0v) is 17.5. The average Bonchev–Trinajstić information content (AvgIpc) is 2.72. The van der Waals surface area contributed by atoms with E-state index in [-0.39, 0.29) is 40.9 Å². The second kappa shape index (κ2) is 10.3. The number of non-ortho nitro benzene ring substituents is 1. The zero-order valence-electron chi connectivity index (χ0n) is 16.7. The van der Waals surface area contributed by atoms with E-state index in [0.29, 0.717) is 6.42 Å².